The van der Waals surface area contributed by atoms with Crippen LogP contribution in [0, 0.1) is 11.6 Å². The maximum Gasteiger partial charge on any atom is 0.420 e. The van der Waals surface area contributed by atoms with E-state index in [9.17, 15) is 44.7 Å². The number of carbonyl (C=O) groups excluding carboxylic acids is 1. The van der Waals surface area contributed by atoms with Gasteiger partial charge in [-0.15, -0.1) is 0 Å². The largest absolute Gasteiger partial charge is 0.497 e. The van der Waals surface area contributed by atoms with Gasteiger partial charge in [-0.25, -0.2) is 13.8 Å². The van der Waals surface area contributed by atoms with E-state index >= 15 is 8.78 Å². The normalized spacial score (nSPS) is 14.3. The first-order chi connectivity index (χ1) is 23.9. The monoisotopic (exact) mass is 736 g/mol. The summed E-state index contributed by atoms with van der Waals surface area (Å²) in [7, 11) is 2.09. The minimum atomic E-state index is -5.15. The molecule has 0 spiro atoms. The van der Waals surface area contributed by atoms with Crippen molar-refractivity contribution in [3.8, 4) is 28.6 Å². The molecule has 0 bridgehead atoms. The second kappa shape index (κ2) is 14.2. The number of hydrogen-bond donors (Lipinski definition) is 1. The Bertz CT molecular complexity index is 1940. The van der Waals surface area contributed by atoms with E-state index in [1.54, 1.807) is 0 Å². The number of amides is 1. The summed E-state index contributed by atoms with van der Waals surface area (Å²) in [6.07, 6.45) is -9.63. The fraction of sp³-hybridized carbons (Fsp3) is 0.323. The summed E-state index contributed by atoms with van der Waals surface area (Å²) in [5.41, 5.74) is -5.73. The third kappa shape index (κ3) is 8.05. The molecule has 2 aromatic heterocycles. The molecule has 0 aliphatic carbocycles. The van der Waals surface area contributed by atoms with E-state index in [1.807, 2.05) is 0 Å². The molecule has 2 aromatic carbocycles. The molecule has 0 atom stereocenters. The highest BCUT2D eigenvalue weighted by atomic mass is 19.4. The Balaban J connectivity index is 1.65. The predicted octanol–water partition coefficient (Wildman–Crippen LogP) is 6.08. The molecule has 1 N–H and O–H groups in total. The fourth-order valence-corrected chi connectivity index (χ4v) is 5.50. The number of halogens is 10. The van der Waals surface area contributed by atoms with Gasteiger partial charge in [0.15, 0.2) is 5.82 Å². The predicted molar refractivity (Wildman–Crippen MR) is 161 cm³/mol. The van der Waals surface area contributed by atoms with Crippen molar-refractivity contribution < 1.29 is 58.2 Å². The zero-order valence-electron chi connectivity index (χ0n) is 26.4. The van der Waals surface area contributed by atoms with Crippen LogP contribution in [0.5, 0.6) is 11.5 Å². The average molecular weight is 737 g/mol. The lowest BCUT2D eigenvalue weighted by molar-refractivity contribution is -0.146. The van der Waals surface area contributed by atoms with E-state index in [2.05, 4.69) is 15.0 Å². The van der Waals surface area contributed by atoms with Gasteiger partial charge in [-0.2, -0.15) is 39.8 Å². The Kier molecular flexibility index (Phi) is 10.3. The molecular formula is C31H26F10N6O4. The van der Waals surface area contributed by atoms with Gasteiger partial charge in [-0.05, 0) is 36.4 Å². The number of alkyl halides is 8. The van der Waals surface area contributed by atoms with Crippen molar-refractivity contribution in [1.82, 2.24) is 19.2 Å². The highest BCUT2D eigenvalue weighted by molar-refractivity contribution is 6.06. The van der Waals surface area contributed by atoms with Gasteiger partial charge >= 0.3 is 19.0 Å². The van der Waals surface area contributed by atoms with Gasteiger partial charge < -0.3 is 19.7 Å². The molecule has 1 aliphatic rings. The van der Waals surface area contributed by atoms with E-state index in [4.69, 9.17) is 4.74 Å². The molecule has 1 fully saturated rings. The van der Waals surface area contributed by atoms with Gasteiger partial charge in [0.05, 0.1) is 19.2 Å². The van der Waals surface area contributed by atoms with Crippen LogP contribution < -0.4 is 25.2 Å². The lowest BCUT2D eigenvalue weighted by atomic mass is 10.1. The van der Waals surface area contributed by atoms with Crippen LogP contribution in [-0.2, 0) is 13.2 Å². The van der Waals surface area contributed by atoms with Gasteiger partial charge in [0.25, 0.3) is 11.5 Å². The van der Waals surface area contributed by atoms with Crippen LogP contribution in [0.15, 0.2) is 53.3 Å². The molecule has 0 saturated carbocycles. The highest BCUT2D eigenvalue weighted by Crippen LogP contribution is 2.38. The molecule has 3 heterocycles. The molecule has 51 heavy (non-hydrogen) atoms. The molecule has 0 unspecified atom stereocenters. The number of hydrogen-bond acceptors (Lipinski definition) is 7. The van der Waals surface area contributed by atoms with Crippen LogP contribution in [0.2, 0.25) is 0 Å². The molecule has 0 radical (unpaired) electrons. The molecule has 20 heteroatoms. The molecule has 10 nitrogen and oxygen atoms in total. The maximum absolute atomic E-state index is 15.5. The molecule has 274 valence electrons. The highest BCUT2D eigenvalue weighted by Gasteiger charge is 2.39. The number of anilines is 2. The zero-order chi connectivity index (χ0) is 37.4. The lowest BCUT2D eigenvalue weighted by Crippen LogP contribution is -2.49. The molecule has 1 amide bonds. The number of methoxy groups -OCH3 is 1. The van der Waals surface area contributed by atoms with E-state index in [-0.39, 0.29) is 49.1 Å². The first kappa shape index (κ1) is 37.0. The maximum atomic E-state index is 15.5. The Morgan fingerprint density at radius 1 is 0.922 bits per heavy atom. The Morgan fingerprint density at radius 3 is 2.06 bits per heavy atom. The number of nitrogens with one attached hydrogen (secondary N) is 1. The van der Waals surface area contributed by atoms with Crippen LogP contribution in [0.4, 0.5) is 55.4 Å². The van der Waals surface area contributed by atoms with Crippen molar-refractivity contribution >= 4 is 17.4 Å². The SMILES string of the molecule is COc1cc(F)c(-c2c(NC(=O)c3ccc(OC(F)F)cc3)c(=O)n(-c3nc(N4CCN(CC(F)(F)F)CC4)ccc3C(F)(F)F)n2C)c(F)c1. The van der Waals surface area contributed by atoms with Gasteiger partial charge in [-0.1, -0.05) is 0 Å². The number of benzene rings is 2. The lowest BCUT2D eigenvalue weighted by Gasteiger charge is -2.35. The summed E-state index contributed by atoms with van der Waals surface area (Å²) >= 11 is 0. The summed E-state index contributed by atoms with van der Waals surface area (Å²) in [5, 5.41) is 2.16. The van der Waals surface area contributed by atoms with Crippen LogP contribution in [0.1, 0.15) is 15.9 Å². The van der Waals surface area contributed by atoms with Gasteiger partial charge in [0.1, 0.15) is 45.9 Å². The number of ether oxygens (including phenoxy) is 2. The van der Waals surface area contributed by atoms with Gasteiger partial charge in [0, 0.05) is 50.9 Å². The molecule has 1 saturated heterocycles. The Labute approximate surface area is 281 Å². The smallest absolute Gasteiger partial charge is 0.420 e. The fourth-order valence-electron chi connectivity index (χ4n) is 5.50. The minimum Gasteiger partial charge on any atom is -0.497 e. The third-order valence-electron chi connectivity index (χ3n) is 7.80. The number of nitrogens with zero attached hydrogens (tertiary/aromatic N) is 5. The quantitative estimate of drug-likeness (QED) is 0.208. The van der Waals surface area contributed by atoms with Crippen molar-refractivity contribution in [1.29, 1.82) is 0 Å². The molecule has 1 aliphatic heterocycles. The number of aromatic nitrogens is 3. The standard InChI is InChI=1S/C31H26F10N6O4/c1-44-25(23-20(32)13-18(50-2)14-21(23)33)24(43-27(48)16-3-5-17(6-4-16)51-29(34)35)28(49)47(44)26-19(31(39,40)41)7-8-22(42-26)46-11-9-45(10-12-46)15-30(36,37)38/h3-8,13-14,29H,9-12,15H2,1-2H3,(H,43,48). The second-order valence-corrected chi connectivity index (χ2v) is 11.1. The summed E-state index contributed by atoms with van der Waals surface area (Å²) in [6.45, 7) is -4.77. The van der Waals surface area contributed by atoms with Crippen LogP contribution in [0.25, 0.3) is 17.1 Å². The van der Waals surface area contributed by atoms with Crippen molar-refractivity contribution in [3.63, 3.8) is 0 Å². The summed E-state index contributed by atoms with van der Waals surface area (Å²) in [4.78, 5) is 33.9. The second-order valence-electron chi connectivity index (χ2n) is 11.1. The van der Waals surface area contributed by atoms with Crippen molar-refractivity contribution in [2.75, 3.05) is 50.1 Å². The van der Waals surface area contributed by atoms with E-state index in [0.717, 1.165) is 61.5 Å². The topological polar surface area (TPSA) is 93.9 Å². The Hall–Kier alpha value is -5.27. The van der Waals surface area contributed by atoms with Crippen molar-refractivity contribution in [3.05, 3.63) is 81.6 Å². The molecule has 5 rings (SSSR count). The summed E-state index contributed by atoms with van der Waals surface area (Å²) in [5.74, 6) is -5.65. The average Bonchev–Trinajstić information content (AvgIpc) is 3.27. The summed E-state index contributed by atoms with van der Waals surface area (Å²) in [6, 6.07) is 7.03. The van der Waals surface area contributed by atoms with Crippen LogP contribution >= 0.6 is 0 Å². The third-order valence-corrected chi connectivity index (χ3v) is 7.80. The molecular weight excluding hydrogens is 710 g/mol. The van der Waals surface area contributed by atoms with E-state index in [1.165, 1.54) is 4.90 Å². The molecule has 4 aromatic rings. The van der Waals surface area contributed by atoms with Crippen molar-refractivity contribution in [2.45, 2.75) is 19.0 Å². The number of piperazine rings is 1. The zero-order valence-corrected chi connectivity index (χ0v) is 26.4. The van der Waals surface area contributed by atoms with Crippen LogP contribution in [0.3, 0.4) is 0 Å². The number of pyridine rings is 1. The minimum absolute atomic E-state index is 0.0775. The van der Waals surface area contributed by atoms with Gasteiger partial charge in [0.2, 0.25) is 0 Å². The van der Waals surface area contributed by atoms with E-state index < -0.39 is 76.9 Å². The van der Waals surface area contributed by atoms with Gasteiger partial charge in [-0.3, -0.25) is 19.2 Å². The number of carbonyl (C=O) groups is 1. The Morgan fingerprint density at radius 2 is 1.53 bits per heavy atom. The van der Waals surface area contributed by atoms with E-state index in [0.29, 0.717) is 15.4 Å². The first-order valence-corrected chi connectivity index (χ1v) is 14.7. The first-order valence-electron chi connectivity index (χ1n) is 14.7. The summed E-state index contributed by atoms with van der Waals surface area (Å²) < 4.78 is 148. The van der Waals surface area contributed by atoms with Crippen molar-refractivity contribution in [2.24, 2.45) is 7.05 Å². The number of rotatable bonds is 9. The van der Waals surface area contributed by atoms with Crippen LogP contribution in [-0.4, -0.2) is 77.8 Å².